The van der Waals surface area contributed by atoms with E-state index in [0.29, 0.717) is 0 Å². The van der Waals surface area contributed by atoms with E-state index in [1.165, 1.54) is 4.88 Å². The Balaban J connectivity index is 2.35. The largest absolute Gasteiger partial charge is 0.392 e. The van der Waals surface area contributed by atoms with Gasteiger partial charge in [0.1, 0.15) is 0 Å². The highest BCUT2D eigenvalue weighted by atomic mass is 79.9. The maximum absolute atomic E-state index is 9.46. The lowest BCUT2D eigenvalue weighted by Gasteiger charge is -2.12. The van der Waals surface area contributed by atoms with Crippen molar-refractivity contribution in [2.75, 3.05) is 0 Å². The number of halogens is 1. The summed E-state index contributed by atoms with van der Waals surface area (Å²) in [5.41, 5.74) is 5.55. The zero-order valence-corrected chi connectivity index (χ0v) is 9.94. The van der Waals surface area contributed by atoms with E-state index in [9.17, 15) is 5.11 Å². The van der Waals surface area contributed by atoms with E-state index in [1.807, 2.05) is 13.0 Å². The quantitative estimate of drug-likeness (QED) is 0.875. The Morgan fingerprint density at radius 2 is 2.31 bits per heavy atom. The summed E-state index contributed by atoms with van der Waals surface area (Å²) < 4.78 is 1.14. The molecule has 0 radical (unpaired) electrons. The first kappa shape index (κ1) is 11.2. The van der Waals surface area contributed by atoms with Crippen molar-refractivity contribution in [1.29, 1.82) is 0 Å². The van der Waals surface area contributed by atoms with Crippen molar-refractivity contribution in [3.63, 3.8) is 0 Å². The Morgan fingerprint density at radius 1 is 1.62 bits per heavy atom. The third kappa shape index (κ3) is 3.77. The number of nitrogens with two attached hydrogens (primary N) is 1. The van der Waals surface area contributed by atoms with Gasteiger partial charge in [-0.25, -0.2) is 0 Å². The molecule has 0 amide bonds. The number of rotatable bonds is 4. The van der Waals surface area contributed by atoms with Gasteiger partial charge in [0.2, 0.25) is 0 Å². The molecule has 0 aromatic carbocycles. The molecule has 2 nitrogen and oxygen atoms in total. The molecule has 4 heteroatoms. The van der Waals surface area contributed by atoms with E-state index in [1.54, 1.807) is 11.3 Å². The average Bonchev–Trinajstić information content (AvgIpc) is 2.47. The van der Waals surface area contributed by atoms with Gasteiger partial charge in [0, 0.05) is 10.9 Å². The van der Waals surface area contributed by atoms with E-state index in [2.05, 4.69) is 22.0 Å². The van der Waals surface area contributed by atoms with Crippen molar-refractivity contribution in [1.82, 2.24) is 0 Å². The second-order valence-corrected chi connectivity index (χ2v) is 5.72. The second-order valence-electron chi connectivity index (χ2n) is 3.17. The highest BCUT2D eigenvalue weighted by Gasteiger charge is 2.09. The van der Waals surface area contributed by atoms with Crippen LogP contribution in [-0.4, -0.2) is 17.3 Å². The lowest BCUT2D eigenvalue weighted by molar-refractivity contribution is 0.142. The van der Waals surface area contributed by atoms with Gasteiger partial charge in [0.25, 0.3) is 0 Å². The van der Waals surface area contributed by atoms with Crippen molar-refractivity contribution < 1.29 is 5.11 Å². The molecule has 0 aliphatic heterocycles. The monoisotopic (exact) mass is 263 g/mol. The number of hydrogen-bond donors (Lipinski definition) is 2. The average molecular weight is 264 g/mol. The maximum atomic E-state index is 9.46. The highest BCUT2D eigenvalue weighted by molar-refractivity contribution is 9.11. The van der Waals surface area contributed by atoms with Gasteiger partial charge in [-0.1, -0.05) is 0 Å². The molecular formula is C9H14BrNOS. The normalized spacial score (nSPS) is 15.7. The van der Waals surface area contributed by atoms with Gasteiger partial charge in [-0.15, -0.1) is 11.3 Å². The van der Waals surface area contributed by atoms with E-state index in [-0.39, 0.29) is 12.1 Å². The van der Waals surface area contributed by atoms with Gasteiger partial charge >= 0.3 is 0 Å². The van der Waals surface area contributed by atoms with Crippen LogP contribution in [0, 0.1) is 0 Å². The summed E-state index contributed by atoms with van der Waals surface area (Å²) in [7, 11) is 0. The van der Waals surface area contributed by atoms with Crippen molar-refractivity contribution in [3.8, 4) is 0 Å². The first-order valence-electron chi connectivity index (χ1n) is 4.27. The molecule has 1 aromatic heterocycles. The summed E-state index contributed by atoms with van der Waals surface area (Å²) in [6, 6.07) is 3.96. The zero-order chi connectivity index (χ0) is 9.84. The lowest BCUT2D eigenvalue weighted by atomic mass is 10.1. The van der Waals surface area contributed by atoms with E-state index < -0.39 is 0 Å². The Labute approximate surface area is 90.9 Å². The molecule has 0 bridgehead atoms. The second kappa shape index (κ2) is 5.10. The molecule has 74 valence electrons. The van der Waals surface area contributed by atoms with Gasteiger partial charge in [-0.3, -0.25) is 0 Å². The van der Waals surface area contributed by atoms with Gasteiger partial charge < -0.3 is 10.8 Å². The number of aliphatic hydroxyl groups is 1. The molecule has 0 saturated heterocycles. The van der Waals surface area contributed by atoms with Crippen LogP contribution < -0.4 is 5.73 Å². The van der Waals surface area contributed by atoms with Crippen molar-refractivity contribution >= 4 is 27.3 Å². The summed E-state index contributed by atoms with van der Waals surface area (Å²) in [4.78, 5) is 1.28. The molecule has 0 aliphatic rings. The number of aliphatic hydroxyl groups excluding tert-OH is 1. The summed E-state index contributed by atoms with van der Waals surface area (Å²) in [5.74, 6) is 0. The summed E-state index contributed by atoms with van der Waals surface area (Å²) >= 11 is 5.11. The third-order valence-electron chi connectivity index (χ3n) is 1.92. The summed E-state index contributed by atoms with van der Waals surface area (Å²) in [6.07, 6.45) is 1.25. The first-order valence-corrected chi connectivity index (χ1v) is 5.88. The van der Waals surface area contributed by atoms with Crippen molar-refractivity contribution in [3.05, 3.63) is 20.8 Å². The molecule has 1 aromatic rings. The number of hydrogen-bond acceptors (Lipinski definition) is 3. The lowest BCUT2D eigenvalue weighted by Crippen LogP contribution is -2.31. The van der Waals surface area contributed by atoms with Crippen molar-refractivity contribution in [2.45, 2.75) is 31.9 Å². The van der Waals surface area contributed by atoms with E-state index in [0.717, 1.165) is 16.6 Å². The Bertz CT molecular complexity index is 262. The molecule has 0 fully saturated rings. The van der Waals surface area contributed by atoms with Crippen LogP contribution in [0.25, 0.3) is 0 Å². The molecule has 0 aliphatic carbocycles. The van der Waals surface area contributed by atoms with Crippen LogP contribution in [0.1, 0.15) is 18.2 Å². The van der Waals surface area contributed by atoms with Gasteiger partial charge in [0.05, 0.1) is 9.89 Å². The van der Waals surface area contributed by atoms with Gasteiger partial charge in [0.15, 0.2) is 0 Å². The van der Waals surface area contributed by atoms with Crippen LogP contribution in [0.15, 0.2) is 15.9 Å². The number of aryl methyl sites for hydroxylation is 1. The first-order chi connectivity index (χ1) is 6.09. The molecule has 0 spiro atoms. The topological polar surface area (TPSA) is 46.2 Å². The Hall–Kier alpha value is 0.1000. The molecule has 2 atom stereocenters. The minimum absolute atomic E-state index is 0.136. The van der Waals surface area contributed by atoms with Crippen LogP contribution in [0.5, 0.6) is 0 Å². The van der Waals surface area contributed by atoms with Crippen LogP contribution >= 0.6 is 27.3 Å². The fourth-order valence-corrected chi connectivity index (χ4v) is 2.54. The van der Waals surface area contributed by atoms with Crippen molar-refractivity contribution in [2.24, 2.45) is 5.73 Å². The molecule has 2 unspecified atom stereocenters. The molecule has 3 N–H and O–H groups in total. The summed E-state index contributed by atoms with van der Waals surface area (Å²) in [6.45, 7) is 1.83. The predicted octanol–water partition coefficient (Wildman–Crippen LogP) is 2.15. The Kier molecular flexibility index (Phi) is 4.38. The fourth-order valence-electron chi connectivity index (χ4n) is 1.04. The van der Waals surface area contributed by atoms with Crippen LogP contribution in [0.4, 0.5) is 0 Å². The molecular weight excluding hydrogens is 250 g/mol. The fraction of sp³-hybridized carbons (Fsp3) is 0.556. The SMILES string of the molecule is CC(N)C(O)CCc1ccc(Br)s1. The smallest absolute Gasteiger partial charge is 0.0701 e. The minimum Gasteiger partial charge on any atom is -0.392 e. The maximum Gasteiger partial charge on any atom is 0.0701 e. The molecule has 1 rings (SSSR count). The van der Waals surface area contributed by atoms with Crippen LogP contribution in [-0.2, 0) is 6.42 Å². The highest BCUT2D eigenvalue weighted by Crippen LogP contribution is 2.23. The van der Waals surface area contributed by atoms with Gasteiger partial charge in [-0.05, 0) is 47.8 Å². The zero-order valence-electron chi connectivity index (χ0n) is 7.53. The molecule has 0 saturated carbocycles. The molecule has 13 heavy (non-hydrogen) atoms. The minimum atomic E-state index is -0.388. The third-order valence-corrected chi connectivity index (χ3v) is 3.61. The summed E-state index contributed by atoms with van der Waals surface area (Å²) in [5, 5.41) is 9.46. The Morgan fingerprint density at radius 3 is 2.77 bits per heavy atom. The molecule has 1 heterocycles. The van der Waals surface area contributed by atoms with Gasteiger partial charge in [-0.2, -0.15) is 0 Å². The standard InChI is InChI=1S/C9H14BrNOS/c1-6(11)8(12)4-2-7-3-5-9(10)13-7/h3,5-6,8,12H,2,4,11H2,1H3. The van der Waals surface area contributed by atoms with E-state index >= 15 is 0 Å². The predicted molar refractivity (Wildman–Crippen MR) is 60.0 cm³/mol. The van der Waals surface area contributed by atoms with E-state index in [4.69, 9.17) is 5.73 Å². The number of thiophene rings is 1. The van der Waals surface area contributed by atoms with Crippen LogP contribution in [0.2, 0.25) is 0 Å². The van der Waals surface area contributed by atoms with Crippen LogP contribution in [0.3, 0.4) is 0 Å².